The van der Waals surface area contributed by atoms with Crippen LogP contribution in [0.15, 0.2) is 24.3 Å². The van der Waals surface area contributed by atoms with Gasteiger partial charge in [-0.2, -0.15) is 0 Å². The number of rotatable bonds is 9. The Hall–Kier alpha value is -0.610. The van der Waals surface area contributed by atoms with E-state index in [-0.39, 0.29) is 0 Å². The molecule has 0 aromatic heterocycles. The molecule has 0 bridgehead atoms. The topological polar surface area (TPSA) is 47.3 Å². The van der Waals surface area contributed by atoms with Crippen LogP contribution in [0.2, 0.25) is 5.02 Å². The molecule has 2 unspecified atom stereocenters. The number of benzene rings is 1. The van der Waals surface area contributed by atoms with E-state index in [1.165, 1.54) is 5.56 Å². The maximum atomic E-state index is 6.06. The molecule has 0 saturated heterocycles. The highest BCUT2D eigenvalue weighted by molar-refractivity contribution is 6.30. The molecule has 4 heteroatoms. The van der Waals surface area contributed by atoms with Crippen molar-refractivity contribution in [2.45, 2.75) is 38.3 Å². The molecule has 1 aromatic carbocycles. The standard InChI is InChI=1S/C15H25ClN2O/c1-3-15(12-6-4-7-13(16)10-12)18-14(11-19-2)8-5-9-17/h4,6-7,10,14-15,18H,3,5,8-9,11,17H2,1-2H3. The Balaban J connectivity index is 2.67. The Morgan fingerprint density at radius 1 is 1.42 bits per heavy atom. The molecule has 1 aromatic rings. The molecule has 19 heavy (non-hydrogen) atoms. The van der Waals surface area contributed by atoms with E-state index in [1.54, 1.807) is 7.11 Å². The predicted octanol–water partition coefficient (Wildman–Crippen LogP) is 3.13. The van der Waals surface area contributed by atoms with Gasteiger partial charge in [-0.25, -0.2) is 0 Å². The lowest BCUT2D eigenvalue weighted by Gasteiger charge is -2.25. The Labute approximate surface area is 121 Å². The molecule has 1 rings (SSSR count). The van der Waals surface area contributed by atoms with Gasteiger partial charge < -0.3 is 15.8 Å². The maximum absolute atomic E-state index is 6.06. The lowest BCUT2D eigenvalue weighted by atomic mass is 10.0. The zero-order valence-electron chi connectivity index (χ0n) is 11.9. The van der Waals surface area contributed by atoms with Crippen LogP contribution in [-0.2, 0) is 4.74 Å². The molecule has 0 saturated carbocycles. The zero-order chi connectivity index (χ0) is 14.1. The summed E-state index contributed by atoms with van der Waals surface area (Å²) >= 11 is 6.06. The average Bonchev–Trinajstić information content (AvgIpc) is 2.41. The monoisotopic (exact) mass is 284 g/mol. The molecule has 0 aliphatic carbocycles. The van der Waals surface area contributed by atoms with Gasteiger partial charge in [0.2, 0.25) is 0 Å². The molecule has 2 atom stereocenters. The van der Waals surface area contributed by atoms with E-state index < -0.39 is 0 Å². The van der Waals surface area contributed by atoms with Gasteiger partial charge in [0.25, 0.3) is 0 Å². The summed E-state index contributed by atoms with van der Waals surface area (Å²) in [5, 5.41) is 4.42. The van der Waals surface area contributed by atoms with Gasteiger partial charge in [-0.3, -0.25) is 0 Å². The van der Waals surface area contributed by atoms with E-state index in [2.05, 4.69) is 18.3 Å². The molecule has 0 aliphatic rings. The van der Waals surface area contributed by atoms with Gasteiger partial charge in [0.1, 0.15) is 0 Å². The van der Waals surface area contributed by atoms with Crippen molar-refractivity contribution < 1.29 is 4.74 Å². The minimum atomic E-state index is 0.302. The SMILES string of the molecule is CCC(NC(CCCN)COC)c1cccc(Cl)c1. The van der Waals surface area contributed by atoms with E-state index in [0.29, 0.717) is 18.7 Å². The Morgan fingerprint density at radius 2 is 2.21 bits per heavy atom. The minimum Gasteiger partial charge on any atom is -0.383 e. The summed E-state index contributed by atoms with van der Waals surface area (Å²) in [6, 6.07) is 8.66. The van der Waals surface area contributed by atoms with Crippen LogP contribution in [0.3, 0.4) is 0 Å². The van der Waals surface area contributed by atoms with Crippen LogP contribution >= 0.6 is 11.6 Å². The van der Waals surface area contributed by atoms with Gasteiger partial charge in [-0.05, 0) is 43.5 Å². The predicted molar refractivity (Wildman–Crippen MR) is 81.6 cm³/mol. The molecule has 108 valence electrons. The summed E-state index contributed by atoms with van der Waals surface area (Å²) < 4.78 is 5.28. The quantitative estimate of drug-likeness (QED) is 0.732. The zero-order valence-corrected chi connectivity index (χ0v) is 12.6. The van der Waals surface area contributed by atoms with Gasteiger partial charge >= 0.3 is 0 Å². The fourth-order valence-corrected chi connectivity index (χ4v) is 2.44. The molecule has 0 amide bonds. The minimum absolute atomic E-state index is 0.302. The van der Waals surface area contributed by atoms with Crippen molar-refractivity contribution in [3.8, 4) is 0 Å². The third kappa shape index (κ3) is 5.91. The number of halogens is 1. The van der Waals surface area contributed by atoms with Crippen molar-refractivity contribution in [3.05, 3.63) is 34.9 Å². The first kappa shape index (κ1) is 16.4. The number of hydrogen-bond donors (Lipinski definition) is 2. The summed E-state index contributed by atoms with van der Waals surface area (Å²) in [6.45, 7) is 3.60. The Bertz CT molecular complexity index is 360. The normalized spacial score (nSPS) is 14.3. The van der Waals surface area contributed by atoms with Crippen molar-refractivity contribution in [1.82, 2.24) is 5.32 Å². The first-order chi connectivity index (χ1) is 9.21. The largest absolute Gasteiger partial charge is 0.383 e. The van der Waals surface area contributed by atoms with Crippen LogP contribution < -0.4 is 11.1 Å². The van der Waals surface area contributed by atoms with Crippen LogP contribution in [0, 0.1) is 0 Å². The van der Waals surface area contributed by atoms with Crippen LogP contribution in [0.4, 0.5) is 0 Å². The van der Waals surface area contributed by atoms with Crippen molar-refractivity contribution in [2.24, 2.45) is 5.73 Å². The van der Waals surface area contributed by atoms with Crippen molar-refractivity contribution >= 4 is 11.6 Å². The smallest absolute Gasteiger partial charge is 0.0616 e. The first-order valence-electron chi connectivity index (χ1n) is 6.91. The van der Waals surface area contributed by atoms with E-state index in [1.807, 2.05) is 18.2 Å². The summed E-state index contributed by atoms with van der Waals surface area (Å²) in [6.07, 6.45) is 3.05. The van der Waals surface area contributed by atoms with Crippen LogP contribution in [-0.4, -0.2) is 26.3 Å². The molecule has 0 heterocycles. The maximum Gasteiger partial charge on any atom is 0.0616 e. The van der Waals surface area contributed by atoms with Crippen LogP contribution in [0.5, 0.6) is 0 Å². The van der Waals surface area contributed by atoms with Gasteiger partial charge in [-0.15, -0.1) is 0 Å². The molecule has 0 aliphatic heterocycles. The summed E-state index contributed by atoms with van der Waals surface area (Å²) in [5.41, 5.74) is 6.81. The Morgan fingerprint density at radius 3 is 2.79 bits per heavy atom. The lowest BCUT2D eigenvalue weighted by Crippen LogP contribution is -2.36. The number of ether oxygens (including phenoxy) is 1. The van der Waals surface area contributed by atoms with Crippen molar-refractivity contribution in [2.75, 3.05) is 20.3 Å². The molecule has 3 nitrogen and oxygen atoms in total. The molecule has 0 radical (unpaired) electrons. The van der Waals surface area contributed by atoms with E-state index in [4.69, 9.17) is 22.1 Å². The second kappa shape index (κ2) is 9.32. The van der Waals surface area contributed by atoms with Gasteiger partial charge in [0.05, 0.1) is 6.61 Å². The molecular weight excluding hydrogens is 260 g/mol. The second-order valence-electron chi connectivity index (χ2n) is 4.77. The highest BCUT2D eigenvalue weighted by atomic mass is 35.5. The second-order valence-corrected chi connectivity index (χ2v) is 5.20. The number of nitrogens with one attached hydrogen (secondary N) is 1. The molecular formula is C15H25ClN2O. The molecule has 0 spiro atoms. The van der Waals surface area contributed by atoms with Gasteiger partial charge in [0, 0.05) is 24.2 Å². The highest BCUT2D eigenvalue weighted by Gasteiger charge is 2.15. The third-order valence-corrected chi connectivity index (χ3v) is 3.46. The third-order valence-electron chi connectivity index (χ3n) is 3.22. The lowest BCUT2D eigenvalue weighted by molar-refractivity contribution is 0.155. The van der Waals surface area contributed by atoms with E-state index in [9.17, 15) is 0 Å². The molecule has 3 N–H and O–H groups in total. The average molecular weight is 285 g/mol. The van der Waals surface area contributed by atoms with E-state index in [0.717, 1.165) is 30.8 Å². The van der Waals surface area contributed by atoms with Crippen LogP contribution in [0.1, 0.15) is 37.8 Å². The molecule has 0 fully saturated rings. The fourth-order valence-electron chi connectivity index (χ4n) is 2.24. The van der Waals surface area contributed by atoms with Gasteiger partial charge in [-0.1, -0.05) is 30.7 Å². The van der Waals surface area contributed by atoms with Crippen LogP contribution in [0.25, 0.3) is 0 Å². The fraction of sp³-hybridized carbons (Fsp3) is 0.600. The van der Waals surface area contributed by atoms with Crippen molar-refractivity contribution in [3.63, 3.8) is 0 Å². The number of methoxy groups -OCH3 is 1. The number of hydrogen-bond acceptors (Lipinski definition) is 3. The van der Waals surface area contributed by atoms with E-state index >= 15 is 0 Å². The van der Waals surface area contributed by atoms with Gasteiger partial charge in [0.15, 0.2) is 0 Å². The number of nitrogens with two attached hydrogens (primary N) is 1. The first-order valence-corrected chi connectivity index (χ1v) is 7.29. The van der Waals surface area contributed by atoms with Crippen molar-refractivity contribution in [1.29, 1.82) is 0 Å². The summed E-state index contributed by atoms with van der Waals surface area (Å²) in [4.78, 5) is 0. The summed E-state index contributed by atoms with van der Waals surface area (Å²) in [5.74, 6) is 0. The Kier molecular flexibility index (Phi) is 8.07. The summed E-state index contributed by atoms with van der Waals surface area (Å²) in [7, 11) is 1.73. The highest BCUT2D eigenvalue weighted by Crippen LogP contribution is 2.21.